The standard InChI is InChI=1S/C21H21FN2O3/c1-26-11-3-10-24-21(25)18(14-23)12-16-6-8-20(9-7-16)27-15-17-4-2-5-19(22)13-17/h2,4-9,12-13H,3,10-11,15H2,1H3,(H,24,25)/b18-12+. The van der Waals surface area contributed by atoms with E-state index in [1.165, 1.54) is 18.2 Å². The first-order valence-corrected chi connectivity index (χ1v) is 8.48. The second kappa shape index (κ2) is 10.7. The molecule has 0 radical (unpaired) electrons. The van der Waals surface area contributed by atoms with Gasteiger partial charge in [-0.3, -0.25) is 4.79 Å². The van der Waals surface area contributed by atoms with Crippen LogP contribution in [-0.2, 0) is 16.1 Å². The van der Waals surface area contributed by atoms with E-state index in [1.54, 1.807) is 43.5 Å². The molecule has 1 amide bonds. The van der Waals surface area contributed by atoms with Gasteiger partial charge in [0, 0.05) is 20.3 Å². The Balaban J connectivity index is 1.93. The minimum Gasteiger partial charge on any atom is -0.489 e. The van der Waals surface area contributed by atoms with Gasteiger partial charge in [-0.05, 0) is 47.9 Å². The zero-order valence-corrected chi connectivity index (χ0v) is 15.1. The van der Waals surface area contributed by atoms with Gasteiger partial charge in [0.2, 0.25) is 0 Å². The first-order valence-electron chi connectivity index (χ1n) is 8.48. The summed E-state index contributed by atoms with van der Waals surface area (Å²) >= 11 is 0. The number of halogens is 1. The molecule has 2 aromatic rings. The smallest absolute Gasteiger partial charge is 0.261 e. The maximum atomic E-state index is 13.2. The van der Waals surface area contributed by atoms with E-state index < -0.39 is 5.91 Å². The quantitative estimate of drug-likeness (QED) is 0.418. The fourth-order valence-electron chi connectivity index (χ4n) is 2.28. The predicted molar refractivity (Wildman–Crippen MR) is 100 cm³/mol. The largest absolute Gasteiger partial charge is 0.489 e. The van der Waals surface area contributed by atoms with Crippen LogP contribution in [0.2, 0.25) is 0 Å². The third-order valence-corrected chi connectivity index (χ3v) is 3.66. The summed E-state index contributed by atoms with van der Waals surface area (Å²) in [6.07, 6.45) is 2.19. The van der Waals surface area contributed by atoms with Crippen molar-refractivity contribution in [2.75, 3.05) is 20.3 Å². The van der Waals surface area contributed by atoms with Crippen LogP contribution in [-0.4, -0.2) is 26.2 Å². The van der Waals surface area contributed by atoms with Crippen LogP contribution < -0.4 is 10.1 Å². The molecular weight excluding hydrogens is 347 g/mol. The third-order valence-electron chi connectivity index (χ3n) is 3.66. The first kappa shape index (κ1) is 20.1. The van der Waals surface area contributed by atoms with E-state index in [2.05, 4.69) is 5.32 Å². The van der Waals surface area contributed by atoms with Crippen LogP contribution >= 0.6 is 0 Å². The fourth-order valence-corrected chi connectivity index (χ4v) is 2.28. The number of nitriles is 1. The Hall–Kier alpha value is -3.17. The fraction of sp³-hybridized carbons (Fsp3) is 0.238. The lowest BCUT2D eigenvalue weighted by molar-refractivity contribution is -0.117. The topological polar surface area (TPSA) is 71.3 Å². The van der Waals surface area contributed by atoms with Gasteiger partial charge in [-0.15, -0.1) is 0 Å². The van der Waals surface area contributed by atoms with Gasteiger partial charge in [0.25, 0.3) is 5.91 Å². The minimum absolute atomic E-state index is 0.0286. The van der Waals surface area contributed by atoms with Crippen molar-refractivity contribution in [2.24, 2.45) is 0 Å². The van der Waals surface area contributed by atoms with Gasteiger partial charge in [-0.1, -0.05) is 24.3 Å². The van der Waals surface area contributed by atoms with Gasteiger partial charge in [0.1, 0.15) is 29.8 Å². The van der Waals surface area contributed by atoms with E-state index in [0.29, 0.717) is 30.9 Å². The second-order valence-electron chi connectivity index (χ2n) is 5.76. The molecule has 140 valence electrons. The summed E-state index contributed by atoms with van der Waals surface area (Å²) in [7, 11) is 1.59. The summed E-state index contributed by atoms with van der Waals surface area (Å²) in [6, 6.07) is 15.1. The summed E-state index contributed by atoms with van der Waals surface area (Å²) in [5.74, 6) is -0.111. The van der Waals surface area contributed by atoms with Crippen molar-refractivity contribution in [1.82, 2.24) is 5.32 Å². The first-order chi connectivity index (χ1) is 13.1. The molecule has 27 heavy (non-hydrogen) atoms. The highest BCUT2D eigenvalue weighted by atomic mass is 19.1. The number of carbonyl (C=O) groups excluding carboxylic acids is 1. The molecule has 0 bridgehead atoms. The van der Waals surface area contributed by atoms with Crippen molar-refractivity contribution < 1.29 is 18.7 Å². The van der Waals surface area contributed by atoms with Crippen molar-refractivity contribution in [3.8, 4) is 11.8 Å². The molecule has 0 aromatic heterocycles. The average Bonchev–Trinajstić information content (AvgIpc) is 2.68. The molecule has 0 fully saturated rings. The summed E-state index contributed by atoms with van der Waals surface area (Å²) in [6.45, 7) is 1.24. The van der Waals surface area contributed by atoms with Gasteiger partial charge in [0.15, 0.2) is 0 Å². The van der Waals surface area contributed by atoms with Gasteiger partial charge < -0.3 is 14.8 Å². The summed E-state index contributed by atoms with van der Waals surface area (Å²) in [4.78, 5) is 12.0. The molecule has 1 N–H and O–H groups in total. The molecule has 6 heteroatoms. The van der Waals surface area contributed by atoms with E-state index >= 15 is 0 Å². The molecule has 0 saturated carbocycles. The molecule has 0 aliphatic heterocycles. The van der Waals surface area contributed by atoms with Crippen LogP contribution in [0.5, 0.6) is 5.75 Å². The van der Waals surface area contributed by atoms with Crippen LogP contribution in [0.3, 0.4) is 0 Å². The summed E-state index contributed by atoms with van der Waals surface area (Å²) in [5, 5.41) is 11.9. The maximum absolute atomic E-state index is 13.2. The van der Waals surface area contributed by atoms with E-state index in [-0.39, 0.29) is 18.0 Å². The number of amides is 1. The van der Waals surface area contributed by atoms with Crippen molar-refractivity contribution in [2.45, 2.75) is 13.0 Å². The van der Waals surface area contributed by atoms with Gasteiger partial charge in [-0.25, -0.2) is 4.39 Å². The normalized spacial score (nSPS) is 10.9. The number of methoxy groups -OCH3 is 1. The number of hydrogen-bond donors (Lipinski definition) is 1. The lowest BCUT2D eigenvalue weighted by atomic mass is 10.1. The van der Waals surface area contributed by atoms with E-state index in [1.807, 2.05) is 6.07 Å². The Morgan fingerprint density at radius 1 is 1.26 bits per heavy atom. The molecule has 2 aromatic carbocycles. The highest BCUT2D eigenvalue weighted by Crippen LogP contribution is 2.16. The molecule has 0 spiro atoms. The lowest BCUT2D eigenvalue weighted by Gasteiger charge is -2.07. The average molecular weight is 368 g/mol. The Bertz CT molecular complexity index is 826. The Kier molecular flexibility index (Phi) is 8.01. The van der Waals surface area contributed by atoms with Crippen molar-refractivity contribution >= 4 is 12.0 Å². The monoisotopic (exact) mass is 368 g/mol. The zero-order chi connectivity index (χ0) is 19.5. The third kappa shape index (κ3) is 6.92. The number of benzene rings is 2. The highest BCUT2D eigenvalue weighted by molar-refractivity contribution is 6.01. The molecule has 0 heterocycles. The molecule has 0 atom stereocenters. The van der Waals surface area contributed by atoms with Gasteiger partial charge >= 0.3 is 0 Å². The zero-order valence-electron chi connectivity index (χ0n) is 15.1. The summed E-state index contributed by atoms with van der Waals surface area (Å²) in [5.41, 5.74) is 1.47. The number of ether oxygens (including phenoxy) is 2. The minimum atomic E-state index is -0.417. The second-order valence-corrected chi connectivity index (χ2v) is 5.76. The molecule has 0 aliphatic carbocycles. The maximum Gasteiger partial charge on any atom is 0.261 e. The molecule has 0 saturated heterocycles. The lowest BCUT2D eigenvalue weighted by Crippen LogP contribution is -2.26. The van der Waals surface area contributed by atoms with Gasteiger partial charge in [-0.2, -0.15) is 5.26 Å². The van der Waals surface area contributed by atoms with Crippen molar-refractivity contribution in [3.05, 3.63) is 71.0 Å². The van der Waals surface area contributed by atoms with Crippen LogP contribution in [0.4, 0.5) is 4.39 Å². The van der Waals surface area contributed by atoms with Crippen LogP contribution in [0.15, 0.2) is 54.1 Å². The molecule has 2 rings (SSSR count). The molecule has 0 unspecified atom stereocenters. The van der Waals surface area contributed by atoms with Crippen molar-refractivity contribution in [1.29, 1.82) is 5.26 Å². The van der Waals surface area contributed by atoms with E-state index in [4.69, 9.17) is 9.47 Å². The summed E-state index contributed by atoms with van der Waals surface area (Å²) < 4.78 is 23.7. The van der Waals surface area contributed by atoms with Crippen LogP contribution in [0, 0.1) is 17.1 Å². The Morgan fingerprint density at radius 3 is 2.70 bits per heavy atom. The van der Waals surface area contributed by atoms with E-state index in [0.717, 1.165) is 5.56 Å². The molecule has 0 aliphatic rings. The molecule has 5 nitrogen and oxygen atoms in total. The number of nitrogens with one attached hydrogen (secondary N) is 1. The number of nitrogens with zero attached hydrogens (tertiary/aromatic N) is 1. The van der Waals surface area contributed by atoms with Crippen LogP contribution in [0.1, 0.15) is 17.5 Å². The Labute approximate surface area is 158 Å². The highest BCUT2D eigenvalue weighted by Gasteiger charge is 2.08. The predicted octanol–water partition coefficient (Wildman–Crippen LogP) is 3.46. The molecular formula is C21H21FN2O3. The number of hydrogen-bond acceptors (Lipinski definition) is 4. The number of rotatable bonds is 9. The van der Waals surface area contributed by atoms with E-state index in [9.17, 15) is 14.4 Å². The van der Waals surface area contributed by atoms with Gasteiger partial charge in [0.05, 0.1) is 0 Å². The van der Waals surface area contributed by atoms with Crippen LogP contribution in [0.25, 0.3) is 6.08 Å². The number of carbonyl (C=O) groups is 1. The van der Waals surface area contributed by atoms with Crippen molar-refractivity contribution in [3.63, 3.8) is 0 Å². The SMILES string of the molecule is COCCCNC(=O)/C(C#N)=C/c1ccc(OCc2cccc(F)c2)cc1. The Morgan fingerprint density at radius 2 is 2.04 bits per heavy atom.